The van der Waals surface area contributed by atoms with Gasteiger partial charge in [-0.3, -0.25) is 0 Å². The number of benzene rings is 1. The summed E-state index contributed by atoms with van der Waals surface area (Å²) in [6, 6.07) is 10.3. The molecule has 1 fully saturated rings. The number of rotatable bonds is 4. The Morgan fingerprint density at radius 2 is 2.17 bits per heavy atom. The van der Waals surface area contributed by atoms with Crippen molar-refractivity contribution >= 4 is 10.9 Å². The molecule has 1 unspecified atom stereocenters. The smallest absolute Gasteiger partial charge is 0.264 e. The van der Waals surface area contributed by atoms with E-state index in [0.717, 1.165) is 29.6 Å². The van der Waals surface area contributed by atoms with Crippen molar-refractivity contribution in [1.82, 2.24) is 14.8 Å². The number of hydrogen-bond acceptors (Lipinski definition) is 5. The molecule has 1 aromatic carbocycles. The molecule has 0 saturated carbocycles. The molecule has 2 aromatic heterocycles. The Hall–Kier alpha value is -2.18. The predicted molar refractivity (Wildman–Crippen MR) is 85.0 cm³/mol. The van der Waals surface area contributed by atoms with Gasteiger partial charge < -0.3 is 18.5 Å². The Kier molecular flexibility index (Phi) is 3.43. The maximum absolute atomic E-state index is 5.97. The average Bonchev–Trinajstić information content (AvgIpc) is 3.31. The summed E-state index contributed by atoms with van der Waals surface area (Å²) in [6.07, 6.45) is 0.724. The fraction of sp³-hybridized carbons (Fsp3) is 0.412. The Bertz CT molecular complexity index is 831. The number of nitrogens with zero attached hydrogens (tertiary/aromatic N) is 3. The van der Waals surface area contributed by atoms with Crippen LogP contribution >= 0.6 is 0 Å². The first-order valence-corrected chi connectivity index (χ1v) is 7.83. The maximum atomic E-state index is 5.97. The van der Waals surface area contributed by atoms with Gasteiger partial charge in [-0.2, -0.15) is 0 Å². The molecule has 0 bridgehead atoms. The molecule has 0 amide bonds. The van der Waals surface area contributed by atoms with Gasteiger partial charge >= 0.3 is 0 Å². The van der Waals surface area contributed by atoms with Crippen molar-refractivity contribution in [2.24, 2.45) is 0 Å². The van der Waals surface area contributed by atoms with Crippen molar-refractivity contribution < 1.29 is 13.9 Å². The lowest BCUT2D eigenvalue weighted by atomic mass is 10.0. The Labute approximate surface area is 134 Å². The van der Waals surface area contributed by atoms with Crippen LogP contribution in [-0.2, 0) is 21.6 Å². The lowest BCUT2D eigenvalue weighted by molar-refractivity contribution is -0.0407. The molecule has 1 atom stereocenters. The van der Waals surface area contributed by atoms with Gasteiger partial charge in [0.2, 0.25) is 0 Å². The number of fused-ring (bicyclic) bond motifs is 1. The summed E-state index contributed by atoms with van der Waals surface area (Å²) in [5, 5.41) is 9.64. The van der Waals surface area contributed by atoms with Gasteiger partial charge in [-0.1, -0.05) is 18.2 Å². The minimum absolute atomic E-state index is 0.446. The molecule has 6 nitrogen and oxygen atoms in total. The quantitative estimate of drug-likeness (QED) is 0.741. The summed E-state index contributed by atoms with van der Waals surface area (Å²) in [4.78, 5) is 0. The summed E-state index contributed by atoms with van der Waals surface area (Å²) >= 11 is 0. The first kappa shape index (κ1) is 14.4. The summed E-state index contributed by atoms with van der Waals surface area (Å²) in [5.41, 5.74) is 1.47. The lowest BCUT2D eigenvalue weighted by Gasteiger charge is -2.20. The highest BCUT2D eigenvalue weighted by Crippen LogP contribution is 2.35. The van der Waals surface area contributed by atoms with Crippen LogP contribution in [0.4, 0.5) is 0 Å². The zero-order valence-electron chi connectivity index (χ0n) is 13.3. The maximum Gasteiger partial charge on any atom is 0.264 e. The molecule has 120 valence electrons. The van der Waals surface area contributed by atoms with Gasteiger partial charge in [-0.15, -0.1) is 10.2 Å². The summed E-state index contributed by atoms with van der Waals surface area (Å²) in [7, 11) is 1.65. The molecule has 0 aliphatic carbocycles. The van der Waals surface area contributed by atoms with Crippen LogP contribution in [0.1, 0.15) is 19.2 Å². The van der Waals surface area contributed by atoms with Gasteiger partial charge in [0.05, 0.1) is 13.2 Å². The largest absolute Gasteiger partial charge is 0.416 e. The average molecular weight is 313 g/mol. The van der Waals surface area contributed by atoms with Gasteiger partial charge in [0.1, 0.15) is 5.69 Å². The first-order chi connectivity index (χ1) is 11.3. The number of aromatic nitrogens is 3. The van der Waals surface area contributed by atoms with E-state index in [0.29, 0.717) is 25.0 Å². The third-order valence-electron chi connectivity index (χ3n) is 4.54. The van der Waals surface area contributed by atoms with Crippen LogP contribution in [0.2, 0.25) is 0 Å². The fourth-order valence-electron chi connectivity index (χ4n) is 3.20. The standard InChI is InChI=1S/C17H19N3O3/c1-3-20-13-7-5-4-6-12(13)10-14(20)15-18-19-16(23-15)17(21-2)8-9-22-11-17/h4-7,10H,3,8-9,11H2,1-2H3. The topological polar surface area (TPSA) is 62.3 Å². The van der Waals surface area contributed by atoms with Crippen molar-refractivity contribution in [3.05, 3.63) is 36.2 Å². The molecule has 1 aliphatic heterocycles. The van der Waals surface area contributed by atoms with E-state index in [4.69, 9.17) is 13.9 Å². The zero-order valence-corrected chi connectivity index (χ0v) is 13.3. The van der Waals surface area contributed by atoms with Crippen LogP contribution in [0.15, 0.2) is 34.7 Å². The molecule has 0 N–H and O–H groups in total. The number of methoxy groups -OCH3 is 1. The van der Waals surface area contributed by atoms with Crippen LogP contribution in [0.5, 0.6) is 0 Å². The molecule has 0 radical (unpaired) electrons. The van der Waals surface area contributed by atoms with E-state index in [1.807, 2.05) is 12.1 Å². The van der Waals surface area contributed by atoms with E-state index in [1.54, 1.807) is 7.11 Å². The number of para-hydroxylation sites is 1. The van der Waals surface area contributed by atoms with Gasteiger partial charge in [0, 0.05) is 31.0 Å². The molecule has 0 spiro atoms. The minimum Gasteiger partial charge on any atom is -0.416 e. The van der Waals surface area contributed by atoms with Gasteiger partial charge in [-0.05, 0) is 19.1 Å². The fourth-order valence-corrected chi connectivity index (χ4v) is 3.20. The van der Waals surface area contributed by atoms with E-state index >= 15 is 0 Å². The molecule has 1 saturated heterocycles. The number of aryl methyl sites for hydroxylation is 1. The molecule has 3 heterocycles. The monoisotopic (exact) mass is 313 g/mol. The van der Waals surface area contributed by atoms with Crippen molar-refractivity contribution in [3.8, 4) is 11.6 Å². The summed E-state index contributed by atoms with van der Waals surface area (Å²) in [5.74, 6) is 1.00. The lowest BCUT2D eigenvalue weighted by Crippen LogP contribution is -2.29. The van der Waals surface area contributed by atoms with E-state index in [9.17, 15) is 0 Å². The van der Waals surface area contributed by atoms with E-state index < -0.39 is 5.60 Å². The third kappa shape index (κ3) is 2.17. The van der Waals surface area contributed by atoms with Crippen molar-refractivity contribution in [2.45, 2.75) is 25.5 Å². The van der Waals surface area contributed by atoms with Crippen molar-refractivity contribution in [1.29, 1.82) is 0 Å². The Morgan fingerprint density at radius 1 is 1.30 bits per heavy atom. The van der Waals surface area contributed by atoms with Gasteiger partial charge in [0.25, 0.3) is 11.8 Å². The summed E-state index contributed by atoms with van der Waals surface area (Å²) < 4.78 is 19.2. The Balaban J connectivity index is 1.80. The first-order valence-electron chi connectivity index (χ1n) is 7.83. The number of ether oxygens (including phenoxy) is 2. The molecule has 3 aromatic rings. The van der Waals surface area contributed by atoms with Crippen LogP contribution < -0.4 is 0 Å². The zero-order chi connectivity index (χ0) is 15.9. The highest BCUT2D eigenvalue weighted by Gasteiger charge is 2.42. The van der Waals surface area contributed by atoms with Crippen molar-refractivity contribution in [3.63, 3.8) is 0 Å². The molecule has 1 aliphatic rings. The predicted octanol–water partition coefficient (Wildman–Crippen LogP) is 2.97. The highest BCUT2D eigenvalue weighted by atomic mass is 16.6. The molecular formula is C17H19N3O3. The highest BCUT2D eigenvalue weighted by molar-refractivity contribution is 5.85. The van der Waals surface area contributed by atoms with Gasteiger partial charge in [0.15, 0.2) is 5.60 Å². The summed E-state index contributed by atoms with van der Waals surface area (Å²) in [6.45, 7) is 4.02. The molecule has 6 heteroatoms. The number of hydrogen-bond donors (Lipinski definition) is 0. The second-order valence-corrected chi connectivity index (χ2v) is 5.75. The van der Waals surface area contributed by atoms with E-state index in [1.165, 1.54) is 0 Å². The normalized spacial score (nSPS) is 21.3. The van der Waals surface area contributed by atoms with Crippen LogP contribution in [-0.4, -0.2) is 35.1 Å². The second kappa shape index (κ2) is 5.47. The van der Waals surface area contributed by atoms with Gasteiger partial charge in [-0.25, -0.2) is 0 Å². The SMILES string of the molecule is CCn1c(-c2nnc(C3(OC)CCOC3)o2)cc2ccccc21. The van der Waals surface area contributed by atoms with Crippen LogP contribution in [0.3, 0.4) is 0 Å². The van der Waals surface area contributed by atoms with E-state index in [-0.39, 0.29) is 0 Å². The van der Waals surface area contributed by atoms with E-state index in [2.05, 4.69) is 39.9 Å². The molecule has 4 rings (SSSR count). The minimum atomic E-state index is -0.617. The molecular weight excluding hydrogens is 294 g/mol. The molecule has 23 heavy (non-hydrogen) atoms. The van der Waals surface area contributed by atoms with Crippen molar-refractivity contribution in [2.75, 3.05) is 20.3 Å². The Morgan fingerprint density at radius 3 is 2.91 bits per heavy atom. The van der Waals surface area contributed by atoms with Crippen LogP contribution in [0.25, 0.3) is 22.5 Å². The third-order valence-corrected chi connectivity index (χ3v) is 4.54. The second-order valence-electron chi connectivity index (χ2n) is 5.75. The van der Waals surface area contributed by atoms with Crippen LogP contribution in [0, 0.1) is 0 Å².